The molecule has 1 aliphatic heterocycles. The molecule has 4 heteroatoms. The van der Waals surface area contributed by atoms with Crippen LogP contribution in [-0.2, 0) is 0 Å². The molecule has 0 spiro atoms. The van der Waals surface area contributed by atoms with Gasteiger partial charge in [-0.3, -0.25) is 0 Å². The van der Waals surface area contributed by atoms with Crippen molar-refractivity contribution in [3.8, 4) is 0 Å². The average molecular weight is 243 g/mol. The number of hydrogen-bond acceptors (Lipinski definition) is 2. The topological polar surface area (TPSA) is 23.5 Å². The summed E-state index contributed by atoms with van der Waals surface area (Å²) in [5.74, 6) is -0.311. The minimum atomic E-state index is -0.496. The van der Waals surface area contributed by atoms with Gasteiger partial charge in [0.1, 0.15) is 5.82 Å². The van der Waals surface area contributed by atoms with E-state index in [2.05, 4.69) is 6.92 Å². The van der Waals surface area contributed by atoms with E-state index in [1.807, 2.05) is 4.90 Å². The normalized spacial score (nSPS) is 25.9. The standard InChI is InChI=1S/C12H14ClFNO/c1-8-4-5-15(7-12(8)16)11-3-2-9(13)6-10(11)14/h2-3,6,8,12,16H,1,4-5,7H2. The Morgan fingerprint density at radius 2 is 2.25 bits per heavy atom. The molecule has 0 amide bonds. The second kappa shape index (κ2) is 4.60. The van der Waals surface area contributed by atoms with Crippen molar-refractivity contribution < 1.29 is 9.50 Å². The number of anilines is 1. The first-order chi connectivity index (χ1) is 7.58. The fourth-order valence-electron chi connectivity index (χ4n) is 1.94. The van der Waals surface area contributed by atoms with E-state index in [1.54, 1.807) is 12.1 Å². The minimum Gasteiger partial charge on any atom is -0.391 e. The lowest BCUT2D eigenvalue weighted by Gasteiger charge is -2.35. The van der Waals surface area contributed by atoms with E-state index in [-0.39, 0.29) is 11.7 Å². The van der Waals surface area contributed by atoms with Gasteiger partial charge in [0.2, 0.25) is 0 Å². The molecule has 2 atom stereocenters. The zero-order valence-electron chi connectivity index (χ0n) is 8.87. The summed E-state index contributed by atoms with van der Waals surface area (Å²) in [5.41, 5.74) is 0.496. The number of halogens is 2. The Hall–Kier alpha value is -0.800. The van der Waals surface area contributed by atoms with Gasteiger partial charge in [-0.1, -0.05) is 11.6 Å². The van der Waals surface area contributed by atoms with Gasteiger partial charge in [-0.15, -0.1) is 0 Å². The van der Waals surface area contributed by atoms with Crippen LogP contribution in [-0.4, -0.2) is 24.3 Å². The van der Waals surface area contributed by atoms with E-state index in [0.717, 1.165) is 6.42 Å². The molecule has 1 radical (unpaired) electrons. The molecular formula is C12H14ClFNO. The maximum atomic E-state index is 13.6. The van der Waals surface area contributed by atoms with Gasteiger partial charge in [-0.05, 0) is 37.5 Å². The number of hydrogen-bond donors (Lipinski definition) is 1. The maximum absolute atomic E-state index is 13.6. The Balaban J connectivity index is 2.18. The first-order valence-corrected chi connectivity index (χ1v) is 5.67. The van der Waals surface area contributed by atoms with Gasteiger partial charge < -0.3 is 10.0 Å². The van der Waals surface area contributed by atoms with Gasteiger partial charge in [0.15, 0.2) is 0 Å². The summed E-state index contributed by atoms with van der Waals surface area (Å²) in [5, 5.41) is 10.1. The molecule has 1 aromatic rings. The summed E-state index contributed by atoms with van der Waals surface area (Å²) in [4.78, 5) is 1.83. The summed E-state index contributed by atoms with van der Waals surface area (Å²) in [6.07, 6.45) is 0.271. The van der Waals surface area contributed by atoms with Crippen molar-refractivity contribution >= 4 is 17.3 Å². The second-order valence-electron chi connectivity index (χ2n) is 4.16. The Morgan fingerprint density at radius 1 is 1.50 bits per heavy atom. The van der Waals surface area contributed by atoms with Gasteiger partial charge in [0, 0.05) is 18.1 Å². The number of rotatable bonds is 1. The molecule has 0 aliphatic carbocycles. The Morgan fingerprint density at radius 3 is 2.88 bits per heavy atom. The molecule has 1 saturated heterocycles. The van der Waals surface area contributed by atoms with Crippen LogP contribution in [0.3, 0.4) is 0 Å². The zero-order chi connectivity index (χ0) is 11.7. The Labute approximate surface area is 99.6 Å². The highest BCUT2D eigenvalue weighted by Gasteiger charge is 2.25. The molecule has 16 heavy (non-hydrogen) atoms. The molecular weight excluding hydrogens is 229 g/mol. The fourth-order valence-corrected chi connectivity index (χ4v) is 2.10. The van der Waals surface area contributed by atoms with E-state index in [9.17, 15) is 9.50 Å². The molecule has 2 nitrogen and oxygen atoms in total. The third-order valence-electron chi connectivity index (χ3n) is 2.97. The summed E-state index contributed by atoms with van der Waals surface area (Å²) in [7, 11) is 0. The first-order valence-electron chi connectivity index (χ1n) is 5.29. The number of piperidine rings is 1. The summed E-state index contributed by atoms with van der Waals surface area (Å²) in [6, 6.07) is 4.59. The van der Waals surface area contributed by atoms with Crippen molar-refractivity contribution in [1.82, 2.24) is 0 Å². The molecule has 2 rings (SSSR count). The molecule has 1 aliphatic rings. The molecule has 0 saturated carbocycles. The van der Waals surface area contributed by atoms with Crippen molar-refractivity contribution in [3.63, 3.8) is 0 Å². The maximum Gasteiger partial charge on any atom is 0.147 e. The number of β-amino-alcohol motifs (C(OH)–C–C–N with tert-alkyl or cyclic N) is 1. The largest absolute Gasteiger partial charge is 0.391 e. The van der Waals surface area contributed by atoms with Crippen molar-refractivity contribution in [2.75, 3.05) is 18.0 Å². The fraction of sp³-hybridized carbons (Fsp3) is 0.417. The van der Waals surface area contributed by atoms with Gasteiger partial charge in [0.25, 0.3) is 0 Å². The van der Waals surface area contributed by atoms with Gasteiger partial charge in [-0.25, -0.2) is 4.39 Å². The highest BCUT2D eigenvalue weighted by Crippen LogP contribution is 2.27. The monoisotopic (exact) mass is 242 g/mol. The van der Waals surface area contributed by atoms with Crippen LogP contribution < -0.4 is 4.90 Å². The molecule has 1 aromatic carbocycles. The van der Waals surface area contributed by atoms with E-state index >= 15 is 0 Å². The molecule has 1 N–H and O–H groups in total. The van der Waals surface area contributed by atoms with E-state index in [1.165, 1.54) is 6.07 Å². The van der Waals surface area contributed by atoms with Crippen LogP contribution in [0.5, 0.6) is 0 Å². The van der Waals surface area contributed by atoms with Crippen LogP contribution in [0.25, 0.3) is 0 Å². The van der Waals surface area contributed by atoms with Crippen molar-refractivity contribution in [1.29, 1.82) is 0 Å². The van der Waals surface area contributed by atoms with Crippen LogP contribution in [0.4, 0.5) is 10.1 Å². The first kappa shape index (κ1) is 11.7. The van der Waals surface area contributed by atoms with Crippen LogP contribution >= 0.6 is 11.6 Å². The molecule has 87 valence electrons. The van der Waals surface area contributed by atoms with Gasteiger partial charge in [-0.2, -0.15) is 0 Å². The number of benzene rings is 1. The average Bonchev–Trinajstić information content (AvgIpc) is 2.22. The van der Waals surface area contributed by atoms with E-state index < -0.39 is 6.10 Å². The van der Waals surface area contributed by atoms with Crippen LogP contribution in [0, 0.1) is 18.7 Å². The Bertz CT molecular complexity index is 385. The number of aliphatic hydroxyl groups is 1. The SMILES string of the molecule is [CH2]C1CCN(c2ccc(Cl)cc2F)CC1O. The molecule has 1 heterocycles. The highest BCUT2D eigenvalue weighted by atomic mass is 35.5. The molecule has 0 aromatic heterocycles. The lowest BCUT2D eigenvalue weighted by molar-refractivity contribution is 0.115. The number of nitrogens with zero attached hydrogens (tertiary/aromatic N) is 1. The second-order valence-corrected chi connectivity index (χ2v) is 4.59. The lowest BCUT2D eigenvalue weighted by atomic mass is 9.95. The van der Waals surface area contributed by atoms with Crippen molar-refractivity contribution in [2.24, 2.45) is 5.92 Å². The zero-order valence-corrected chi connectivity index (χ0v) is 9.62. The van der Waals surface area contributed by atoms with Gasteiger partial charge >= 0.3 is 0 Å². The van der Waals surface area contributed by atoms with Crippen molar-refractivity contribution in [2.45, 2.75) is 12.5 Å². The van der Waals surface area contributed by atoms with Crippen LogP contribution in [0.1, 0.15) is 6.42 Å². The molecule has 2 unspecified atom stereocenters. The van der Waals surface area contributed by atoms with E-state index in [4.69, 9.17) is 11.6 Å². The summed E-state index contributed by atoms with van der Waals surface area (Å²) in [6.45, 7) is 4.99. The summed E-state index contributed by atoms with van der Waals surface area (Å²) >= 11 is 5.69. The smallest absolute Gasteiger partial charge is 0.147 e. The highest BCUT2D eigenvalue weighted by molar-refractivity contribution is 6.30. The predicted octanol–water partition coefficient (Wildman–Crippen LogP) is 2.50. The molecule has 1 fully saturated rings. The van der Waals surface area contributed by atoms with Crippen LogP contribution in [0.15, 0.2) is 18.2 Å². The Kier molecular flexibility index (Phi) is 3.36. The van der Waals surface area contributed by atoms with Crippen LogP contribution in [0.2, 0.25) is 5.02 Å². The van der Waals surface area contributed by atoms with Gasteiger partial charge in [0.05, 0.1) is 11.8 Å². The van der Waals surface area contributed by atoms with Crippen molar-refractivity contribution in [3.05, 3.63) is 36.0 Å². The molecule has 0 bridgehead atoms. The third kappa shape index (κ3) is 2.30. The lowest BCUT2D eigenvalue weighted by Crippen LogP contribution is -2.43. The third-order valence-corrected chi connectivity index (χ3v) is 3.21. The quantitative estimate of drug-likeness (QED) is 0.818. The van der Waals surface area contributed by atoms with E-state index in [0.29, 0.717) is 23.8 Å². The minimum absolute atomic E-state index is 0.0339. The number of aliphatic hydroxyl groups excluding tert-OH is 1. The predicted molar refractivity (Wildman–Crippen MR) is 63.1 cm³/mol. The summed E-state index contributed by atoms with van der Waals surface area (Å²) < 4.78 is 13.6.